The van der Waals surface area contributed by atoms with Crippen LogP contribution in [0.4, 0.5) is 0 Å². The second-order valence-electron chi connectivity index (χ2n) is 3.65. The van der Waals surface area contributed by atoms with Gasteiger partial charge in [0, 0.05) is 24.2 Å². The Labute approximate surface area is 107 Å². The quantitative estimate of drug-likeness (QED) is 0.761. The van der Waals surface area contributed by atoms with E-state index in [9.17, 15) is 4.79 Å². The zero-order valence-corrected chi connectivity index (χ0v) is 10.4. The maximum absolute atomic E-state index is 12.0. The van der Waals surface area contributed by atoms with Gasteiger partial charge in [0.15, 0.2) is 0 Å². The summed E-state index contributed by atoms with van der Waals surface area (Å²) in [5.74, 6) is 5.21. The number of nitrogens with zero attached hydrogens (tertiary/aromatic N) is 1. The van der Waals surface area contributed by atoms with Gasteiger partial charge in [0.25, 0.3) is 5.91 Å². The number of hydrogen-bond donors (Lipinski definition) is 2. The van der Waals surface area contributed by atoms with Gasteiger partial charge in [-0.2, -0.15) is 0 Å². The van der Waals surface area contributed by atoms with Crippen LogP contribution in [0.3, 0.4) is 0 Å². The van der Waals surface area contributed by atoms with Crippen molar-refractivity contribution in [3.8, 4) is 11.8 Å². The molecule has 0 atom stereocenters. The number of aliphatic hydroxyl groups is 2. The Morgan fingerprint density at radius 1 is 1.28 bits per heavy atom. The number of benzene rings is 1. The molecule has 0 saturated carbocycles. The molecule has 0 heterocycles. The van der Waals surface area contributed by atoms with Crippen molar-refractivity contribution in [2.45, 2.75) is 6.92 Å². The van der Waals surface area contributed by atoms with Crippen LogP contribution in [0.15, 0.2) is 24.3 Å². The molecule has 1 aromatic rings. The summed E-state index contributed by atoms with van der Waals surface area (Å²) >= 11 is 0. The molecule has 0 aliphatic carbocycles. The Hall–Kier alpha value is -1.83. The summed E-state index contributed by atoms with van der Waals surface area (Å²) in [7, 11) is 0. The first kappa shape index (κ1) is 14.2. The van der Waals surface area contributed by atoms with E-state index >= 15 is 0 Å². The minimum atomic E-state index is -0.180. The molecule has 0 spiro atoms. The molecule has 0 fully saturated rings. The highest BCUT2D eigenvalue weighted by Gasteiger charge is 2.12. The standard InChI is InChI=1S/C14H17NO3/c1-2-15(9-11-17)14(18)13-7-5-12(6-8-13)4-3-10-16/h5-8,16-17H,2,9-11H2,1H3. The summed E-state index contributed by atoms with van der Waals surface area (Å²) in [5.41, 5.74) is 1.32. The van der Waals surface area contributed by atoms with E-state index in [4.69, 9.17) is 10.2 Å². The van der Waals surface area contributed by atoms with E-state index in [0.29, 0.717) is 18.7 Å². The van der Waals surface area contributed by atoms with Crippen molar-refractivity contribution >= 4 is 5.91 Å². The van der Waals surface area contributed by atoms with Gasteiger partial charge in [-0.3, -0.25) is 4.79 Å². The molecule has 4 heteroatoms. The van der Waals surface area contributed by atoms with E-state index in [1.807, 2.05) is 6.92 Å². The molecule has 4 nitrogen and oxygen atoms in total. The second-order valence-corrected chi connectivity index (χ2v) is 3.65. The highest BCUT2D eigenvalue weighted by atomic mass is 16.3. The molecule has 0 bridgehead atoms. The van der Waals surface area contributed by atoms with Gasteiger partial charge in [0.2, 0.25) is 0 Å². The second kappa shape index (κ2) is 7.49. The SMILES string of the molecule is CCN(CCO)C(=O)c1ccc(C#CCO)cc1. The van der Waals surface area contributed by atoms with Crippen LogP contribution < -0.4 is 0 Å². The van der Waals surface area contributed by atoms with Crippen molar-refractivity contribution in [2.24, 2.45) is 0 Å². The van der Waals surface area contributed by atoms with E-state index in [-0.39, 0.29) is 19.1 Å². The maximum atomic E-state index is 12.0. The summed E-state index contributed by atoms with van der Waals surface area (Å²) in [4.78, 5) is 13.6. The monoisotopic (exact) mass is 247 g/mol. The van der Waals surface area contributed by atoms with Crippen molar-refractivity contribution in [2.75, 3.05) is 26.3 Å². The molecule has 96 valence electrons. The molecule has 2 N–H and O–H groups in total. The Morgan fingerprint density at radius 3 is 2.44 bits per heavy atom. The molecule has 0 unspecified atom stereocenters. The minimum absolute atomic E-state index is 0.0420. The fraction of sp³-hybridized carbons (Fsp3) is 0.357. The number of amides is 1. The molecular weight excluding hydrogens is 230 g/mol. The van der Waals surface area contributed by atoms with Gasteiger partial charge in [-0.1, -0.05) is 11.8 Å². The van der Waals surface area contributed by atoms with Crippen LogP contribution in [-0.4, -0.2) is 47.3 Å². The highest BCUT2D eigenvalue weighted by Crippen LogP contribution is 2.07. The normalized spacial score (nSPS) is 9.50. The number of hydrogen-bond acceptors (Lipinski definition) is 3. The number of aliphatic hydroxyl groups excluding tert-OH is 2. The van der Waals surface area contributed by atoms with Crippen LogP contribution >= 0.6 is 0 Å². The highest BCUT2D eigenvalue weighted by molar-refractivity contribution is 5.94. The fourth-order valence-electron chi connectivity index (χ4n) is 1.54. The molecule has 1 amide bonds. The lowest BCUT2D eigenvalue weighted by atomic mass is 10.1. The van der Waals surface area contributed by atoms with Gasteiger partial charge in [-0.25, -0.2) is 0 Å². The van der Waals surface area contributed by atoms with Crippen molar-refractivity contribution in [3.63, 3.8) is 0 Å². The first-order chi connectivity index (χ1) is 8.72. The van der Waals surface area contributed by atoms with Crippen LogP contribution in [0.25, 0.3) is 0 Å². The summed E-state index contributed by atoms with van der Waals surface area (Å²) in [6.45, 7) is 2.54. The van der Waals surface area contributed by atoms with E-state index in [1.165, 1.54) is 0 Å². The summed E-state index contributed by atoms with van der Waals surface area (Å²) in [5, 5.41) is 17.4. The third-order valence-corrected chi connectivity index (χ3v) is 2.48. The molecule has 1 rings (SSSR count). The molecule has 0 saturated heterocycles. The predicted octanol–water partition coefficient (Wildman–Crippen LogP) is 0.485. The van der Waals surface area contributed by atoms with Crippen molar-refractivity contribution in [3.05, 3.63) is 35.4 Å². The molecular formula is C14H17NO3. The molecule has 18 heavy (non-hydrogen) atoms. The lowest BCUT2D eigenvalue weighted by Gasteiger charge is -2.19. The molecule has 0 aliphatic rings. The fourth-order valence-corrected chi connectivity index (χ4v) is 1.54. The Balaban J connectivity index is 2.80. The van der Waals surface area contributed by atoms with Gasteiger partial charge in [-0.15, -0.1) is 0 Å². The molecule has 0 aliphatic heterocycles. The van der Waals surface area contributed by atoms with Gasteiger partial charge in [0.05, 0.1) is 6.61 Å². The van der Waals surface area contributed by atoms with Gasteiger partial charge >= 0.3 is 0 Å². The predicted molar refractivity (Wildman–Crippen MR) is 69.1 cm³/mol. The van der Waals surface area contributed by atoms with Gasteiger partial charge in [-0.05, 0) is 31.2 Å². The zero-order chi connectivity index (χ0) is 13.4. The Bertz CT molecular complexity index is 442. The van der Waals surface area contributed by atoms with Gasteiger partial charge < -0.3 is 15.1 Å². The number of carbonyl (C=O) groups is 1. The molecule has 0 radical (unpaired) electrons. The number of rotatable bonds is 4. The smallest absolute Gasteiger partial charge is 0.253 e. The largest absolute Gasteiger partial charge is 0.395 e. The summed E-state index contributed by atoms with van der Waals surface area (Å²) in [6.07, 6.45) is 0. The zero-order valence-electron chi connectivity index (χ0n) is 10.4. The van der Waals surface area contributed by atoms with Crippen LogP contribution in [-0.2, 0) is 0 Å². The average Bonchev–Trinajstić information content (AvgIpc) is 2.42. The Morgan fingerprint density at radius 2 is 1.94 bits per heavy atom. The van der Waals surface area contributed by atoms with E-state index < -0.39 is 0 Å². The average molecular weight is 247 g/mol. The molecule has 0 aromatic heterocycles. The third kappa shape index (κ3) is 3.88. The molecule has 1 aromatic carbocycles. The van der Waals surface area contributed by atoms with Crippen molar-refractivity contribution < 1.29 is 15.0 Å². The number of carbonyl (C=O) groups excluding carboxylic acids is 1. The lowest BCUT2D eigenvalue weighted by Crippen LogP contribution is -2.33. The van der Waals surface area contributed by atoms with Crippen molar-refractivity contribution in [1.82, 2.24) is 4.90 Å². The van der Waals surface area contributed by atoms with E-state index in [2.05, 4.69) is 11.8 Å². The summed E-state index contributed by atoms with van der Waals surface area (Å²) in [6, 6.07) is 6.87. The third-order valence-electron chi connectivity index (χ3n) is 2.48. The van der Waals surface area contributed by atoms with E-state index in [1.54, 1.807) is 29.2 Å². The first-order valence-corrected chi connectivity index (χ1v) is 5.82. The van der Waals surface area contributed by atoms with Crippen LogP contribution in [0.2, 0.25) is 0 Å². The van der Waals surface area contributed by atoms with Crippen molar-refractivity contribution in [1.29, 1.82) is 0 Å². The lowest BCUT2D eigenvalue weighted by molar-refractivity contribution is 0.0732. The first-order valence-electron chi connectivity index (χ1n) is 5.82. The van der Waals surface area contributed by atoms with Gasteiger partial charge in [0.1, 0.15) is 6.61 Å². The minimum Gasteiger partial charge on any atom is -0.395 e. The topological polar surface area (TPSA) is 60.8 Å². The van der Waals surface area contributed by atoms with Crippen LogP contribution in [0.1, 0.15) is 22.8 Å². The van der Waals surface area contributed by atoms with Crippen LogP contribution in [0.5, 0.6) is 0 Å². The summed E-state index contributed by atoms with van der Waals surface area (Å²) < 4.78 is 0. The van der Waals surface area contributed by atoms with E-state index in [0.717, 1.165) is 5.56 Å². The van der Waals surface area contributed by atoms with Crippen LogP contribution in [0, 0.1) is 11.8 Å². The Kier molecular flexibility index (Phi) is 5.92. The number of likely N-dealkylation sites (N-methyl/N-ethyl adjacent to an activating group) is 1. The maximum Gasteiger partial charge on any atom is 0.253 e.